The molecule has 0 bridgehead atoms. The Balaban J connectivity index is 1.41. The standard InChI is InChI=1S/C15H14ClN5OS2/c1-21-12(8-22-11-6-4-10(16)5-7-11)18-19-14(21)23-15-17-13(20-24-15)9-2-3-9/h4-7,9H,2-3,8H2,1H3. The van der Waals surface area contributed by atoms with Gasteiger partial charge in [0.25, 0.3) is 0 Å². The maximum absolute atomic E-state index is 5.86. The van der Waals surface area contributed by atoms with Gasteiger partial charge in [-0.15, -0.1) is 10.2 Å². The molecule has 0 saturated heterocycles. The summed E-state index contributed by atoms with van der Waals surface area (Å²) < 4.78 is 12.9. The highest BCUT2D eigenvalue weighted by Gasteiger charge is 2.28. The molecular formula is C15H14ClN5OS2. The van der Waals surface area contributed by atoms with Crippen LogP contribution in [0.5, 0.6) is 5.75 Å². The van der Waals surface area contributed by atoms with Gasteiger partial charge in [0.15, 0.2) is 15.3 Å². The lowest BCUT2D eigenvalue weighted by Crippen LogP contribution is -2.04. The molecule has 0 atom stereocenters. The Hall–Kier alpha value is -1.64. The minimum atomic E-state index is 0.342. The van der Waals surface area contributed by atoms with E-state index >= 15 is 0 Å². The quantitative estimate of drug-likeness (QED) is 0.646. The number of halogens is 1. The first-order chi connectivity index (χ1) is 11.7. The molecule has 0 radical (unpaired) electrons. The molecule has 1 aliphatic rings. The lowest BCUT2D eigenvalue weighted by molar-refractivity contribution is 0.290. The zero-order valence-electron chi connectivity index (χ0n) is 12.8. The van der Waals surface area contributed by atoms with Gasteiger partial charge in [-0.3, -0.25) is 0 Å². The second kappa shape index (κ2) is 6.70. The smallest absolute Gasteiger partial charge is 0.198 e. The molecule has 6 nitrogen and oxygen atoms in total. The van der Waals surface area contributed by atoms with E-state index in [1.807, 2.05) is 23.7 Å². The van der Waals surface area contributed by atoms with Crippen molar-refractivity contribution in [3.05, 3.63) is 40.9 Å². The molecule has 1 fully saturated rings. The lowest BCUT2D eigenvalue weighted by Gasteiger charge is -2.06. The van der Waals surface area contributed by atoms with Gasteiger partial charge in [-0.2, -0.15) is 4.37 Å². The number of ether oxygens (including phenoxy) is 1. The Morgan fingerprint density at radius 3 is 2.83 bits per heavy atom. The van der Waals surface area contributed by atoms with Crippen molar-refractivity contribution >= 4 is 34.9 Å². The summed E-state index contributed by atoms with van der Waals surface area (Å²) in [6.07, 6.45) is 2.41. The predicted octanol–water partition coefficient (Wildman–Crippen LogP) is 3.93. The first-order valence-electron chi connectivity index (χ1n) is 7.47. The van der Waals surface area contributed by atoms with Gasteiger partial charge in [-0.25, -0.2) is 4.98 Å². The van der Waals surface area contributed by atoms with Crippen LogP contribution in [-0.4, -0.2) is 24.1 Å². The molecule has 0 unspecified atom stereocenters. The number of hydrogen-bond donors (Lipinski definition) is 0. The fraction of sp³-hybridized carbons (Fsp3) is 0.333. The molecule has 9 heteroatoms. The molecule has 3 aromatic rings. The topological polar surface area (TPSA) is 65.7 Å². The Kier molecular flexibility index (Phi) is 4.43. The molecule has 1 aliphatic carbocycles. The largest absolute Gasteiger partial charge is 0.486 e. The van der Waals surface area contributed by atoms with Crippen molar-refractivity contribution in [1.29, 1.82) is 0 Å². The van der Waals surface area contributed by atoms with E-state index in [1.165, 1.54) is 36.1 Å². The molecule has 1 aromatic carbocycles. The molecule has 0 spiro atoms. The number of benzene rings is 1. The average molecular weight is 380 g/mol. The van der Waals surface area contributed by atoms with Crippen LogP contribution >= 0.6 is 34.9 Å². The van der Waals surface area contributed by atoms with Crippen LogP contribution in [-0.2, 0) is 13.7 Å². The highest BCUT2D eigenvalue weighted by molar-refractivity contribution is 8.00. The average Bonchev–Trinajstić information content (AvgIpc) is 3.24. The van der Waals surface area contributed by atoms with Gasteiger partial charge >= 0.3 is 0 Å². The van der Waals surface area contributed by atoms with Crippen molar-refractivity contribution < 1.29 is 4.74 Å². The first kappa shape index (κ1) is 15.9. The molecule has 0 aliphatic heterocycles. The zero-order chi connectivity index (χ0) is 16.5. The van der Waals surface area contributed by atoms with E-state index < -0.39 is 0 Å². The van der Waals surface area contributed by atoms with Crippen LogP contribution in [0.2, 0.25) is 5.02 Å². The molecule has 2 heterocycles. The number of hydrogen-bond acceptors (Lipinski definition) is 7. The maximum atomic E-state index is 5.86. The minimum Gasteiger partial charge on any atom is -0.486 e. The summed E-state index contributed by atoms with van der Waals surface area (Å²) >= 11 is 8.77. The van der Waals surface area contributed by atoms with Crippen LogP contribution in [0.15, 0.2) is 33.8 Å². The van der Waals surface area contributed by atoms with Crippen LogP contribution in [0.1, 0.15) is 30.4 Å². The monoisotopic (exact) mass is 379 g/mol. The number of rotatable bonds is 6. The van der Waals surface area contributed by atoms with Crippen molar-refractivity contribution in [3.8, 4) is 5.75 Å². The molecule has 0 N–H and O–H groups in total. The van der Waals surface area contributed by atoms with Gasteiger partial charge in [0.05, 0.1) is 0 Å². The van der Waals surface area contributed by atoms with Crippen molar-refractivity contribution in [2.75, 3.05) is 0 Å². The molecular weight excluding hydrogens is 366 g/mol. The van der Waals surface area contributed by atoms with E-state index in [-0.39, 0.29) is 0 Å². The normalized spacial score (nSPS) is 14.1. The van der Waals surface area contributed by atoms with Crippen LogP contribution in [0.4, 0.5) is 0 Å². The first-order valence-corrected chi connectivity index (χ1v) is 9.44. The zero-order valence-corrected chi connectivity index (χ0v) is 15.2. The summed E-state index contributed by atoms with van der Waals surface area (Å²) in [6.45, 7) is 0.342. The fourth-order valence-electron chi connectivity index (χ4n) is 2.09. The van der Waals surface area contributed by atoms with Crippen molar-refractivity contribution in [1.82, 2.24) is 24.1 Å². The van der Waals surface area contributed by atoms with Gasteiger partial charge < -0.3 is 9.30 Å². The number of aromatic nitrogens is 5. The molecule has 24 heavy (non-hydrogen) atoms. The molecule has 1 saturated carbocycles. The Morgan fingerprint density at radius 1 is 1.29 bits per heavy atom. The van der Waals surface area contributed by atoms with Crippen LogP contribution in [0.3, 0.4) is 0 Å². The van der Waals surface area contributed by atoms with E-state index in [2.05, 4.69) is 19.6 Å². The van der Waals surface area contributed by atoms with Crippen molar-refractivity contribution in [3.63, 3.8) is 0 Å². The van der Waals surface area contributed by atoms with E-state index in [1.54, 1.807) is 12.1 Å². The maximum Gasteiger partial charge on any atom is 0.198 e. The molecule has 124 valence electrons. The van der Waals surface area contributed by atoms with Gasteiger partial charge in [0.1, 0.15) is 18.2 Å². The summed E-state index contributed by atoms with van der Waals surface area (Å²) in [4.78, 5) is 4.57. The minimum absolute atomic E-state index is 0.342. The third kappa shape index (κ3) is 3.55. The third-order valence-corrected chi connectivity index (χ3v) is 5.71. The summed E-state index contributed by atoms with van der Waals surface area (Å²) in [5.41, 5.74) is 0. The second-order valence-corrected chi connectivity index (χ2v) is 7.90. The Labute approximate surface area is 152 Å². The summed E-state index contributed by atoms with van der Waals surface area (Å²) in [6, 6.07) is 7.24. The lowest BCUT2D eigenvalue weighted by atomic mass is 10.3. The SMILES string of the molecule is Cn1c(COc2ccc(Cl)cc2)nnc1Sc1nc(C2CC2)ns1. The molecule has 4 rings (SSSR count). The van der Waals surface area contributed by atoms with Gasteiger partial charge in [-0.1, -0.05) is 11.6 Å². The highest BCUT2D eigenvalue weighted by atomic mass is 35.5. The van der Waals surface area contributed by atoms with Gasteiger partial charge in [0.2, 0.25) is 0 Å². The van der Waals surface area contributed by atoms with E-state index in [0.717, 1.165) is 26.9 Å². The molecule has 2 aromatic heterocycles. The number of nitrogens with zero attached hydrogens (tertiary/aromatic N) is 5. The highest BCUT2D eigenvalue weighted by Crippen LogP contribution is 2.40. The molecule has 0 amide bonds. The van der Waals surface area contributed by atoms with Crippen LogP contribution < -0.4 is 4.74 Å². The third-order valence-electron chi connectivity index (χ3n) is 3.65. The Bertz CT molecular complexity index is 844. The summed E-state index contributed by atoms with van der Waals surface area (Å²) in [7, 11) is 1.92. The van der Waals surface area contributed by atoms with Crippen molar-refractivity contribution in [2.24, 2.45) is 7.05 Å². The van der Waals surface area contributed by atoms with Crippen LogP contribution in [0, 0.1) is 0 Å². The second-order valence-electron chi connectivity index (χ2n) is 5.50. The fourth-order valence-corrected chi connectivity index (χ4v) is 3.81. The van der Waals surface area contributed by atoms with E-state index in [4.69, 9.17) is 16.3 Å². The summed E-state index contributed by atoms with van der Waals surface area (Å²) in [5, 5.41) is 9.88. The van der Waals surface area contributed by atoms with Gasteiger partial charge in [-0.05, 0) is 60.4 Å². The van der Waals surface area contributed by atoms with E-state index in [0.29, 0.717) is 17.5 Å². The van der Waals surface area contributed by atoms with Gasteiger partial charge in [0, 0.05) is 18.0 Å². The predicted molar refractivity (Wildman–Crippen MR) is 92.8 cm³/mol. The Morgan fingerprint density at radius 2 is 2.08 bits per heavy atom. The summed E-state index contributed by atoms with van der Waals surface area (Å²) in [5.74, 6) is 3.03. The van der Waals surface area contributed by atoms with E-state index in [9.17, 15) is 0 Å². The van der Waals surface area contributed by atoms with Crippen LogP contribution in [0.25, 0.3) is 0 Å². The van der Waals surface area contributed by atoms with Crippen molar-refractivity contribution in [2.45, 2.75) is 34.9 Å².